The van der Waals surface area contributed by atoms with Crippen molar-refractivity contribution in [3.8, 4) is 0 Å². The van der Waals surface area contributed by atoms with E-state index in [0.29, 0.717) is 18.5 Å². The zero-order valence-corrected chi connectivity index (χ0v) is 13.4. The van der Waals surface area contributed by atoms with E-state index < -0.39 is 17.8 Å². The molecule has 0 aromatic heterocycles. The number of para-hydroxylation sites is 1. The van der Waals surface area contributed by atoms with Crippen molar-refractivity contribution >= 4 is 11.8 Å². The molecule has 0 aliphatic carbocycles. The number of anilines is 1. The van der Waals surface area contributed by atoms with E-state index in [9.17, 15) is 15.0 Å². The first kappa shape index (κ1) is 18.2. The van der Waals surface area contributed by atoms with Crippen molar-refractivity contribution in [1.82, 2.24) is 0 Å². The summed E-state index contributed by atoms with van der Waals surface area (Å²) in [5.41, 5.74) is 0.573. The Kier molecular flexibility index (Phi) is 7.08. The van der Waals surface area contributed by atoms with Crippen LogP contribution in [0.5, 0.6) is 0 Å². The fourth-order valence-electron chi connectivity index (χ4n) is 1.75. The lowest BCUT2D eigenvalue weighted by molar-refractivity contribution is -0.0509. The second-order valence-corrected chi connectivity index (χ2v) is 5.85. The van der Waals surface area contributed by atoms with Gasteiger partial charge in [0.05, 0.1) is 11.7 Å². The van der Waals surface area contributed by atoms with Crippen LogP contribution in [0.2, 0.25) is 0 Å². The summed E-state index contributed by atoms with van der Waals surface area (Å²) in [4.78, 5) is 11.6. The highest BCUT2D eigenvalue weighted by atomic mass is 16.5. The van der Waals surface area contributed by atoms with Crippen molar-refractivity contribution in [1.29, 1.82) is 0 Å². The zero-order chi connectivity index (χ0) is 16.6. The molecule has 1 aromatic rings. The maximum Gasteiger partial charge on any atom is 0.411 e. The molecule has 0 saturated carbocycles. The van der Waals surface area contributed by atoms with Gasteiger partial charge in [0.25, 0.3) is 0 Å². The van der Waals surface area contributed by atoms with Gasteiger partial charge in [-0.3, -0.25) is 5.32 Å². The highest BCUT2D eigenvalue weighted by molar-refractivity contribution is 5.84. The zero-order valence-electron chi connectivity index (χ0n) is 13.4. The van der Waals surface area contributed by atoms with Gasteiger partial charge in [0.1, 0.15) is 6.61 Å². The highest BCUT2D eigenvalue weighted by Gasteiger charge is 2.23. The number of carbonyl (C=O) groups is 1. The highest BCUT2D eigenvalue weighted by Crippen LogP contribution is 2.16. The normalized spacial score (nSPS) is 13.6. The summed E-state index contributed by atoms with van der Waals surface area (Å²) >= 11 is 0. The van der Waals surface area contributed by atoms with Crippen molar-refractivity contribution in [2.45, 2.75) is 45.3 Å². The molecule has 0 bridgehead atoms. The molecule has 5 nitrogen and oxygen atoms in total. The first-order chi connectivity index (χ1) is 10.3. The van der Waals surface area contributed by atoms with Crippen molar-refractivity contribution < 1.29 is 19.7 Å². The van der Waals surface area contributed by atoms with Gasteiger partial charge >= 0.3 is 6.09 Å². The van der Waals surface area contributed by atoms with Crippen molar-refractivity contribution in [2.24, 2.45) is 0 Å². The molecule has 5 heteroatoms. The molecule has 0 radical (unpaired) electrons. The fraction of sp³-hybridized carbons (Fsp3) is 0.471. The molecule has 1 aromatic carbocycles. The van der Waals surface area contributed by atoms with Gasteiger partial charge in [-0.25, -0.2) is 4.79 Å². The second kappa shape index (κ2) is 8.56. The van der Waals surface area contributed by atoms with Crippen LogP contribution in [-0.4, -0.2) is 34.6 Å². The van der Waals surface area contributed by atoms with Gasteiger partial charge < -0.3 is 14.9 Å². The molecule has 1 amide bonds. The number of hydrogen-bond donors (Lipinski definition) is 3. The third-order valence-corrected chi connectivity index (χ3v) is 3.29. The van der Waals surface area contributed by atoms with Gasteiger partial charge in [-0.2, -0.15) is 0 Å². The smallest absolute Gasteiger partial charge is 0.411 e. The van der Waals surface area contributed by atoms with Crippen molar-refractivity contribution in [3.05, 3.63) is 42.0 Å². The van der Waals surface area contributed by atoms with Crippen LogP contribution in [0.3, 0.4) is 0 Å². The van der Waals surface area contributed by atoms with Crippen molar-refractivity contribution in [2.75, 3.05) is 11.9 Å². The predicted octanol–water partition coefficient (Wildman–Crippen LogP) is 3.09. The monoisotopic (exact) mass is 307 g/mol. The average Bonchev–Trinajstić information content (AvgIpc) is 2.44. The van der Waals surface area contributed by atoms with Crippen LogP contribution in [-0.2, 0) is 4.74 Å². The largest absolute Gasteiger partial charge is 0.445 e. The SMILES string of the molecule is C/C(=C\COC(=O)Nc1ccccc1)CC[C@H](O)C(C)(C)O. The number of allylic oxidation sites excluding steroid dienone is 1. The summed E-state index contributed by atoms with van der Waals surface area (Å²) in [6, 6.07) is 9.08. The van der Waals surface area contributed by atoms with E-state index in [0.717, 1.165) is 5.57 Å². The number of benzene rings is 1. The van der Waals surface area contributed by atoms with Crippen LogP contribution in [0.4, 0.5) is 10.5 Å². The molecular formula is C17H25NO4. The summed E-state index contributed by atoms with van der Waals surface area (Å²) in [5, 5.41) is 22.0. The number of aliphatic hydroxyl groups excluding tert-OH is 1. The predicted molar refractivity (Wildman–Crippen MR) is 86.7 cm³/mol. The first-order valence-electron chi connectivity index (χ1n) is 7.34. The molecule has 0 heterocycles. The lowest BCUT2D eigenvalue weighted by Crippen LogP contribution is -2.35. The van der Waals surface area contributed by atoms with Gasteiger partial charge in [-0.05, 0) is 51.8 Å². The molecule has 1 atom stereocenters. The van der Waals surface area contributed by atoms with Crippen LogP contribution in [0.1, 0.15) is 33.6 Å². The van der Waals surface area contributed by atoms with E-state index in [-0.39, 0.29) is 6.61 Å². The van der Waals surface area contributed by atoms with Crippen LogP contribution >= 0.6 is 0 Å². The molecule has 22 heavy (non-hydrogen) atoms. The lowest BCUT2D eigenvalue weighted by Gasteiger charge is -2.24. The summed E-state index contributed by atoms with van der Waals surface area (Å²) < 4.78 is 5.05. The van der Waals surface area contributed by atoms with Crippen LogP contribution in [0, 0.1) is 0 Å². The van der Waals surface area contributed by atoms with Crippen LogP contribution in [0.15, 0.2) is 42.0 Å². The van der Waals surface area contributed by atoms with Gasteiger partial charge in [-0.1, -0.05) is 23.8 Å². The number of nitrogens with one attached hydrogen (secondary N) is 1. The van der Waals surface area contributed by atoms with Crippen LogP contribution in [0.25, 0.3) is 0 Å². The Morgan fingerprint density at radius 1 is 1.36 bits per heavy atom. The average molecular weight is 307 g/mol. The van der Waals surface area contributed by atoms with Gasteiger partial charge in [-0.15, -0.1) is 0 Å². The Labute approximate surface area is 131 Å². The van der Waals surface area contributed by atoms with Gasteiger partial charge in [0.15, 0.2) is 0 Å². The number of rotatable bonds is 7. The standard InChI is InChI=1S/C17H25NO4/c1-13(9-10-15(19)17(2,3)21)11-12-22-16(20)18-14-7-5-4-6-8-14/h4-8,11,15,19,21H,9-10,12H2,1-3H3,(H,18,20)/b13-11+/t15-/m0/s1. The number of amides is 1. The minimum Gasteiger partial charge on any atom is -0.445 e. The van der Waals surface area contributed by atoms with Gasteiger partial charge in [0, 0.05) is 5.69 Å². The molecule has 122 valence electrons. The third kappa shape index (κ3) is 7.24. The molecule has 0 fully saturated rings. The molecule has 0 spiro atoms. The van der Waals surface area contributed by atoms with E-state index in [1.807, 2.05) is 25.1 Å². The van der Waals surface area contributed by atoms with E-state index in [2.05, 4.69) is 5.32 Å². The molecule has 0 unspecified atom stereocenters. The number of hydrogen-bond acceptors (Lipinski definition) is 4. The van der Waals surface area contributed by atoms with Crippen molar-refractivity contribution in [3.63, 3.8) is 0 Å². The lowest BCUT2D eigenvalue weighted by atomic mass is 9.96. The number of aliphatic hydroxyl groups is 2. The Morgan fingerprint density at radius 3 is 2.59 bits per heavy atom. The quantitative estimate of drug-likeness (QED) is 0.676. The molecular weight excluding hydrogens is 282 g/mol. The molecule has 0 saturated heterocycles. The van der Waals surface area contributed by atoms with Crippen LogP contribution < -0.4 is 5.32 Å². The molecule has 0 aliphatic rings. The van der Waals surface area contributed by atoms with E-state index in [4.69, 9.17) is 4.74 Å². The summed E-state index contributed by atoms with van der Waals surface area (Å²) in [6.45, 7) is 5.22. The Balaban J connectivity index is 2.28. The maximum absolute atomic E-state index is 11.6. The third-order valence-electron chi connectivity index (χ3n) is 3.29. The number of carbonyl (C=O) groups excluding carboxylic acids is 1. The maximum atomic E-state index is 11.6. The summed E-state index contributed by atoms with van der Waals surface area (Å²) in [7, 11) is 0. The van der Waals surface area contributed by atoms with E-state index >= 15 is 0 Å². The topological polar surface area (TPSA) is 78.8 Å². The summed E-state index contributed by atoms with van der Waals surface area (Å²) in [6.07, 6.45) is 1.60. The minimum absolute atomic E-state index is 0.170. The first-order valence-corrected chi connectivity index (χ1v) is 7.34. The molecule has 0 aliphatic heterocycles. The van der Waals surface area contributed by atoms with E-state index in [1.54, 1.807) is 32.1 Å². The number of ether oxygens (including phenoxy) is 1. The Morgan fingerprint density at radius 2 is 2.00 bits per heavy atom. The molecule has 3 N–H and O–H groups in total. The minimum atomic E-state index is -1.10. The Hall–Kier alpha value is -1.85. The summed E-state index contributed by atoms with van der Waals surface area (Å²) in [5.74, 6) is 0. The second-order valence-electron chi connectivity index (χ2n) is 5.85. The molecule has 1 rings (SSSR count). The Bertz CT molecular complexity index is 491. The van der Waals surface area contributed by atoms with Gasteiger partial charge in [0.2, 0.25) is 0 Å². The van der Waals surface area contributed by atoms with E-state index in [1.165, 1.54) is 0 Å². The fourth-order valence-corrected chi connectivity index (χ4v) is 1.75.